The van der Waals surface area contributed by atoms with E-state index in [-0.39, 0.29) is 18.0 Å². The number of hydrogen-bond donors (Lipinski definition) is 2. The van der Waals surface area contributed by atoms with Crippen LogP contribution in [0.1, 0.15) is 25.3 Å². The van der Waals surface area contributed by atoms with E-state index in [1.807, 2.05) is 0 Å². The smallest absolute Gasteiger partial charge is 0.123 e. The van der Waals surface area contributed by atoms with Crippen molar-refractivity contribution in [2.75, 3.05) is 13.1 Å². The first-order valence-electron chi connectivity index (χ1n) is 6.53. The fourth-order valence-corrected chi connectivity index (χ4v) is 2.25. The maximum Gasteiger partial charge on any atom is 0.123 e. The zero-order valence-electron chi connectivity index (χ0n) is 10.7. The summed E-state index contributed by atoms with van der Waals surface area (Å²) in [5, 5.41) is 12.8. The standard InChI is InChI=1S/C14H20FNO2/c1-2-3-12(17)8-16-9-13-7-10-6-11(15)4-5-14(10)18-13/h4-6,12-13,16-17H,2-3,7-9H2,1H3. The number of hydrogen-bond acceptors (Lipinski definition) is 3. The molecule has 1 aromatic rings. The van der Waals surface area contributed by atoms with Crippen LogP contribution in [0.15, 0.2) is 18.2 Å². The Morgan fingerprint density at radius 1 is 1.56 bits per heavy atom. The van der Waals surface area contributed by atoms with Gasteiger partial charge in [0.25, 0.3) is 0 Å². The summed E-state index contributed by atoms with van der Waals surface area (Å²) in [6, 6.07) is 4.62. The van der Waals surface area contributed by atoms with E-state index in [0.29, 0.717) is 13.1 Å². The number of ether oxygens (including phenoxy) is 1. The van der Waals surface area contributed by atoms with Crippen molar-refractivity contribution in [3.63, 3.8) is 0 Å². The van der Waals surface area contributed by atoms with Gasteiger partial charge >= 0.3 is 0 Å². The van der Waals surface area contributed by atoms with Gasteiger partial charge in [-0.2, -0.15) is 0 Å². The molecule has 4 heteroatoms. The number of nitrogens with one attached hydrogen (secondary N) is 1. The third kappa shape index (κ3) is 3.43. The topological polar surface area (TPSA) is 41.5 Å². The molecule has 2 unspecified atom stereocenters. The zero-order chi connectivity index (χ0) is 13.0. The van der Waals surface area contributed by atoms with Crippen LogP contribution in [0.4, 0.5) is 4.39 Å². The average molecular weight is 253 g/mol. The quantitative estimate of drug-likeness (QED) is 0.813. The van der Waals surface area contributed by atoms with Crippen LogP contribution in [0.5, 0.6) is 5.75 Å². The Hall–Kier alpha value is -1.13. The van der Waals surface area contributed by atoms with Gasteiger partial charge in [-0.15, -0.1) is 0 Å². The molecule has 1 heterocycles. The van der Waals surface area contributed by atoms with Crippen LogP contribution < -0.4 is 10.1 Å². The summed E-state index contributed by atoms with van der Waals surface area (Å²) >= 11 is 0. The molecule has 0 fully saturated rings. The van der Waals surface area contributed by atoms with Crippen LogP contribution in [0.2, 0.25) is 0 Å². The Bertz CT molecular complexity index is 397. The average Bonchev–Trinajstić information content (AvgIpc) is 2.71. The minimum Gasteiger partial charge on any atom is -0.488 e. The fourth-order valence-electron chi connectivity index (χ4n) is 2.25. The van der Waals surface area contributed by atoms with Gasteiger partial charge in [0.15, 0.2) is 0 Å². The summed E-state index contributed by atoms with van der Waals surface area (Å²) in [7, 11) is 0. The summed E-state index contributed by atoms with van der Waals surface area (Å²) in [6.07, 6.45) is 2.26. The molecule has 0 radical (unpaired) electrons. The second-order valence-corrected chi connectivity index (χ2v) is 4.80. The second-order valence-electron chi connectivity index (χ2n) is 4.80. The van der Waals surface area contributed by atoms with Gasteiger partial charge in [-0.1, -0.05) is 13.3 Å². The molecule has 0 spiro atoms. The Labute approximate surface area is 107 Å². The van der Waals surface area contributed by atoms with E-state index in [1.54, 1.807) is 6.07 Å². The number of halogens is 1. The van der Waals surface area contributed by atoms with Crippen molar-refractivity contribution in [1.82, 2.24) is 5.32 Å². The minimum atomic E-state index is -0.295. The van der Waals surface area contributed by atoms with Crippen molar-refractivity contribution in [3.8, 4) is 5.75 Å². The zero-order valence-corrected chi connectivity index (χ0v) is 10.7. The third-order valence-electron chi connectivity index (χ3n) is 3.14. The van der Waals surface area contributed by atoms with E-state index in [4.69, 9.17) is 4.74 Å². The van der Waals surface area contributed by atoms with E-state index in [2.05, 4.69) is 12.2 Å². The maximum absolute atomic E-state index is 13.0. The third-order valence-corrected chi connectivity index (χ3v) is 3.14. The number of aliphatic hydroxyl groups is 1. The summed E-state index contributed by atoms with van der Waals surface area (Å²) in [4.78, 5) is 0. The predicted molar refractivity (Wildman–Crippen MR) is 68.3 cm³/mol. The monoisotopic (exact) mass is 253 g/mol. The Morgan fingerprint density at radius 2 is 2.39 bits per heavy atom. The van der Waals surface area contributed by atoms with Crippen molar-refractivity contribution in [2.24, 2.45) is 0 Å². The molecule has 0 aromatic heterocycles. The van der Waals surface area contributed by atoms with Gasteiger partial charge in [0.05, 0.1) is 6.10 Å². The van der Waals surface area contributed by atoms with Gasteiger partial charge in [-0.25, -0.2) is 4.39 Å². The highest BCUT2D eigenvalue weighted by molar-refractivity contribution is 5.37. The molecule has 1 aliphatic heterocycles. The summed E-state index contributed by atoms with van der Waals surface area (Å²) in [6.45, 7) is 3.31. The largest absolute Gasteiger partial charge is 0.488 e. The molecule has 2 atom stereocenters. The van der Waals surface area contributed by atoms with Crippen molar-refractivity contribution in [3.05, 3.63) is 29.6 Å². The molecular weight excluding hydrogens is 233 g/mol. The Kier molecular flexibility index (Phi) is 4.55. The second kappa shape index (κ2) is 6.16. The molecule has 0 amide bonds. The summed E-state index contributed by atoms with van der Waals surface area (Å²) < 4.78 is 18.7. The molecule has 2 N–H and O–H groups in total. The van der Waals surface area contributed by atoms with Gasteiger partial charge < -0.3 is 15.2 Å². The number of fused-ring (bicyclic) bond motifs is 1. The van der Waals surface area contributed by atoms with Crippen molar-refractivity contribution >= 4 is 0 Å². The minimum absolute atomic E-state index is 0.0376. The lowest BCUT2D eigenvalue weighted by molar-refractivity contribution is 0.152. The molecule has 18 heavy (non-hydrogen) atoms. The highest BCUT2D eigenvalue weighted by atomic mass is 19.1. The van der Waals surface area contributed by atoms with Crippen molar-refractivity contribution in [2.45, 2.75) is 38.4 Å². The van der Waals surface area contributed by atoms with E-state index in [0.717, 1.165) is 30.6 Å². The molecular formula is C14H20FNO2. The normalized spacial score (nSPS) is 19.4. The fraction of sp³-hybridized carbons (Fsp3) is 0.571. The highest BCUT2D eigenvalue weighted by Crippen LogP contribution is 2.28. The van der Waals surface area contributed by atoms with Crippen LogP contribution >= 0.6 is 0 Å². The molecule has 1 aliphatic rings. The first kappa shape index (κ1) is 13.3. The molecule has 0 saturated carbocycles. The van der Waals surface area contributed by atoms with Gasteiger partial charge in [-0.3, -0.25) is 0 Å². The lowest BCUT2D eigenvalue weighted by atomic mass is 10.1. The van der Waals surface area contributed by atoms with Crippen molar-refractivity contribution < 1.29 is 14.2 Å². The highest BCUT2D eigenvalue weighted by Gasteiger charge is 2.22. The van der Waals surface area contributed by atoms with Crippen LogP contribution in [-0.4, -0.2) is 30.4 Å². The van der Waals surface area contributed by atoms with Crippen LogP contribution in [0.3, 0.4) is 0 Å². The molecule has 2 rings (SSSR count). The Balaban J connectivity index is 1.74. The summed E-state index contributed by atoms with van der Waals surface area (Å²) in [5.74, 6) is 0.557. The van der Waals surface area contributed by atoms with Gasteiger partial charge in [0, 0.05) is 25.1 Å². The van der Waals surface area contributed by atoms with Gasteiger partial charge in [0.2, 0.25) is 0 Å². The first-order valence-corrected chi connectivity index (χ1v) is 6.53. The van der Waals surface area contributed by atoms with Gasteiger partial charge in [-0.05, 0) is 24.6 Å². The molecule has 0 bridgehead atoms. The Morgan fingerprint density at radius 3 is 3.17 bits per heavy atom. The molecule has 0 aliphatic carbocycles. The summed E-state index contributed by atoms with van der Waals surface area (Å²) in [5.41, 5.74) is 0.927. The molecule has 1 aromatic carbocycles. The number of benzene rings is 1. The van der Waals surface area contributed by atoms with E-state index >= 15 is 0 Å². The van der Waals surface area contributed by atoms with E-state index in [1.165, 1.54) is 12.1 Å². The van der Waals surface area contributed by atoms with Crippen molar-refractivity contribution in [1.29, 1.82) is 0 Å². The van der Waals surface area contributed by atoms with Crippen LogP contribution in [-0.2, 0) is 6.42 Å². The number of aliphatic hydroxyl groups excluding tert-OH is 1. The maximum atomic E-state index is 13.0. The van der Waals surface area contributed by atoms with Gasteiger partial charge in [0.1, 0.15) is 17.7 Å². The van der Waals surface area contributed by atoms with Crippen LogP contribution in [0, 0.1) is 5.82 Å². The van der Waals surface area contributed by atoms with Crippen LogP contribution in [0.25, 0.3) is 0 Å². The number of rotatable bonds is 6. The van der Waals surface area contributed by atoms with E-state index < -0.39 is 0 Å². The van der Waals surface area contributed by atoms with E-state index in [9.17, 15) is 9.50 Å². The predicted octanol–water partition coefficient (Wildman–Crippen LogP) is 1.88. The lowest BCUT2D eigenvalue weighted by Gasteiger charge is -2.14. The SMILES string of the molecule is CCCC(O)CNCC1Cc2cc(F)ccc2O1. The first-order chi connectivity index (χ1) is 8.69. The molecule has 3 nitrogen and oxygen atoms in total. The molecule has 0 saturated heterocycles. The lowest BCUT2D eigenvalue weighted by Crippen LogP contribution is -2.35. The molecule has 100 valence electrons.